The Bertz CT molecular complexity index is 328. The van der Waals surface area contributed by atoms with Crippen LogP contribution in [-0.4, -0.2) is 49.4 Å². The van der Waals surface area contributed by atoms with E-state index in [9.17, 15) is 13.5 Å². The van der Waals surface area contributed by atoms with Gasteiger partial charge in [-0.25, -0.2) is 8.42 Å². The maximum atomic E-state index is 11.6. The fraction of sp³-hybridized carbons (Fsp3) is 1.00. The van der Waals surface area contributed by atoms with Gasteiger partial charge in [-0.2, -0.15) is 0 Å². The van der Waals surface area contributed by atoms with E-state index < -0.39 is 27.6 Å². The summed E-state index contributed by atoms with van der Waals surface area (Å²) in [5, 5.41) is 9.38. The highest BCUT2D eigenvalue weighted by Crippen LogP contribution is 2.27. The van der Waals surface area contributed by atoms with Gasteiger partial charge in [0, 0.05) is 6.54 Å². The molecule has 6 heteroatoms. The smallest absolute Gasteiger partial charge is 0.153 e. The fourth-order valence-electron chi connectivity index (χ4n) is 1.95. The molecule has 0 radical (unpaired) electrons. The molecule has 3 atom stereocenters. The zero-order chi connectivity index (χ0) is 12.4. The van der Waals surface area contributed by atoms with Gasteiger partial charge in [0.1, 0.15) is 0 Å². The quantitative estimate of drug-likeness (QED) is 0.714. The van der Waals surface area contributed by atoms with Crippen LogP contribution in [0.2, 0.25) is 0 Å². The lowest BCUT2D eigenvalue weighted by atomic mass is 9.99. The summed E-state index contributed by atoms with van der Waals surface area (Å²) >= 11 is 0. The van der Waals surface area contributed by atoms with Crippen molar-refractivity contribution in [3.8, 4) is 0 Å². The molecule has 1 aliphatic heterocycles. The van der Waals surface area contributed by atoms with Crippen LogP contribution >= 0.6 is 0 Å². The van der Waals surface area contributed by atoms with E-state index in [0.29, 0.717) is 12.8 Å². The number of rotatable bonds is 4. The molecule has 0 amide bonds. The maximum absolute atomic E-state index is 11.6. The van der Waals surface area contributed by atoms with Crippen molar-refractivity contribution in [3.63, 3.8) is 0 Å². The summed E-state index contributed by atoms with van der Waals surface area (Å²) in [5.41, 5.74) is 4.82. The number of nitrogens with two attached hydrogens (primary N) is 1. The number of sulfone groups is 1. The largest absolute Gasteiger partial charge is 0.391 e. The average Bonchev–Trinajstić information content (AvgIpc) is 2.16. The van der Waals surface area contributed by atoms with Crippen LogP contribution in [0.15, 0.2) is 0 Å². The molecule has 0 spiro atoms. The first kappa shape index (κ1) is 13.9. The van der Waals surface area contributed by atoms with Gasteiger partial charge in [0.25, 0.3) is 0 Å². The third kappa shape index (κ3) is 3.41. The van der Waals surface area contributed by atoms with Gasteiger partial charge in [0.15, 0.2) is 9.84 Å². The minimum Gasteiger partial charge on any atom is -0.391 e. The number of ether oxygens (including phenoxy) is 1. The normalized spacial score (nSPS) is 33.2. The molecule has 16 heavy (non-hydrogen) atoms. The minimum atomic E-state index is -3.06. The minimum absolute atomic E-state index is 0.0342. The first-order chi connectivity index (χ1) is 7.30. The Kier molecular flexibility index (Phi) is 4.34. The molecule has 1 heterocycles. The topological polar surface area (TPSA) is 89.6 Å². The molecular weight excluding hydrogens is 230 g/mol. The first-order valence-electron chi connectivity index (χ1n) is 5.57. The summed E-state index contributed by atoms with van der Waals surface area (Å²) in [5.74, 6) is 0.175. The number of hydrogen-bond donors (Lipinski definition) is 2. The number of hydrogen-bond acceptors (Lipinski definition) is 5. The van der Waals surface area contributed by atoms with E-state index in [1.807, 2.05) is 0 Å². The van der Waals surface area contributed by atoms with Crippen molar-refractivity contribution in [2.24, 2.45) is 5.73 Å². The molecule has 3 N–H and O–H groups in total. The van der Waals surface area contributed by atoms with Crippen LogP contribution in [0.4, 0.5) is 0 Å². The molecule has 3 unspecified atom stereocenters. The molecule has 96 valence electrons. The second-order valence-electron chi connectivity index (χ2n) is 4.65. The number of aliphatic hydroxyl groups is 1. The van der Waals surface area contributed by atoms with Crippen molar-refractivity contribution < 1.29 is 18.3 Å². The van der Waals surface area contributed by atoms with Crippen molar-refractivity contribution in [1.29, 1.82) is 0 Å². The van der Waals surface area contributed by atoms with Crippen LogP contribution in [0.25, 0.3) is 0 Å². The third-order valence-electron chi connectivity index (χ3n) is 3.06. The van der Waals surface area contributed by atoms with Crippen molar-refractivity contribution in [2.75, 3.05) is 18.1 Å². The zero-order valence-electron chi connectivity index (χ0n) is 9.85. The van der Waals surface area contributed by atoms with E-state index in [2.05, 4.69) is 0 Å². The highest BCUT2D eigenvalue weighted by atomic mass is 32.2. The molecule has 1 saturated heterocycles. The van der Waals surface area contributed by atoms with Crippen LogP contribution in [0.3, 0.4) is 0 Å². The molecule has 0 bridgehead atoms. The molecule has 0 saturated carbocycles. The lowest BCUT2D eigenvalue weighted by molar-refractivity contribution is -0.113. The van der Waals surface area contributed by atoms with Gasteiger partial charge in [0.05, 0.1) is 29.3 Å². The van der Waals surface area contributed by atoms with Gasteiger partial charge in [-0.15, -0.1) is 0 Å². The van der Waals surface area contributed by atoms with Gasteiger partial charge in [-0.05, 0) is 26.7 Å². The summed E-state index contributed by atoms with van der Waals surface area (Å²) in [4.78, 5) is 0. The lowest BCUT2D eigenvalue weighted by Gasteiger charge is -2.38. The van der Waals surface area contributed by atoms with E-state index in [0.717, 1.165) is 0 Å². The van der Waals surface area contributed by atoms with E-state index in [4.69, 9.17) is 10.5 Å². The third-order valence-corrected chi connectivity index (χ3v) is 4.93. The molecule has 1 fully saturated rings. The summed E-state index contributed by atoms with van der Waals surface area (Å²) in [6.07, 6.45) is 0.177. The Morgan fingerprint density at radius 2 is 2.12 bits per heavy atom. The van der Waals surface area contributed by atoms with Crippen LogP contribution < -0.4 is 5.73 Å². The van der Waals surface area contributed by atoms with Gasteiger partial charge >= 0.3 is 0 Å². The maximum Gasteiger partial charge on any atom is 0.153 e. The zero-order valence-corrected chi connectivity index (χ0v) is 10.7. The molecule has 1 rings (SSSR count). The van der Waals surface area contributed by atoms with Gasteiger partial charge in [-0.3, -0.25) is 0 Å². The van der Waals surface area contributed by atoms with Crippen LogP contribution in [0.5, 0.6) is 0 Å². The molecule has 1 aliphatic rings. The van der Waals surface area contributed by atoms with Crippen LogP contribution in [-0.2, 0) is 14.6 Å². The highest BCUT2D eigenvalue weighted by molar-refractivity contribution is 7.91. The van der Waals surface area contributed by atoms with E-state index >= 15 is 0 Å². The Labute approximate surface area is 96.9 Å². The summed E-state index contributed by atoms with van der Waals surface area (Å²) in [7, 11) is -3.06. The second kappa shape index (κ2) is 5.00. The highest BCUT2D eigenvalue weighted by Gasteiger charge is 2.40. The molecule has 0 aromatic heterocycles. The average molecular weight is 251 g/mol. The van der Waals surface area contributed by atoms with Crippen LogP contribution in [0.1, 0.15) is 26.7 Å². The standard InChI is InChI=1S/C10H21NO4S/c1-8(12)9(2)15-10(6-11)4-3-5-16(13,14)7-10/h8-9,12H,3-7,11H2,1-2H3. The van der Waals surface area contributed by atoms with E-state index in [1.54, 1.807) is 13.8 Å². The Morgan fingerprint density at radius 1 is 1.50 bits per heavy atom. The monoisotopic (exact) mass is 251 g/mol. The van der Waals surface area contributed by atoms with Gasteiger partial charge in [0.2, 0.25) is 0 Å². The molecule has 0 aliphatic carbocycles. The predicted octanol–water partition coefficient (Wildman–Crippen LogP) is -0.322. The molecule has 5 nitrogen and oxygen atoms in total. The molecule has 0 aromatic carbocycles. The first-order valence-corrected chi connectivity index (χ1v) is 7.39. The molecular formula is C10H21NO4S. The SMILES string of the molecule is CC(O)C(C)OC1(CN)CCCS(=O)(=O)C1. The Hall–Kier alpha value is -0.170. The van der Waals surface area contributed by atoms with Crippen LogP contribution in [0, 0.1) is 0 Å². The van der Waals surface area contributed by atoms with Gasteiger partial charge in [-0.1, -0.05) is 0 Å². The Morgan fingerprint density at radius 3 is 2.56 bits per heavy atom. The molecule has 0 aromatic rings. The fourth-order valence-corrected chi connectivity index (χ4v) is 3.81. The van der Waals surface area contributed by atoms with Crippen molar-refractivity contribution in [1.82, 2.24) is 0 Å². The lowest BCUT2D eigenvalue weighted by Crippen LogP contribution is -2.52. The predicted molar refractivity (Wildman–Crippen MR) is 61.9 cm³/mol. The Balaban J connectivity index is 2.77. The van der Waals surface area contributed by atoms with Crippen molar-refractivity contribution >= 4 is 9.84 Å². The van der Waals surface area contributed by atoms with Crippen molar-refractivity contribution in [2.45, 2.75) is 44.5 Å². The summed E-state index contributed by atoms with van der Waals surface area (Å²) < 4.78 is 28.8. The summed E-state index contributed by atoms with van der Waals surface area (Å²) in [6.45, 7) is 3.51. The van der Waals surface area contributed by atoms with Crippen molar-refractivity contribution in [3.05, 3.63) is 0 Å². The van der Waals surface area contributed by atoms with E-state index in [1.165, 1.54) is 0 Å². The number of aliphatic hydroxyl groups excluding tert-OH is 1. The summed E-state index contributed by atoms with van der Waals surface area (Å²) in [6, 6.07) is 0. The van der Waals surface area contributed by atoms with Gasteiger partial charge < -0.3 is 15.6 Å². The second-order valence-corrected chi connectivity index (χ2v) is 6.83. The van der Waals surface area contributed by atoms with E-state index in [-0.39, 0.29) is 18.1 Å².